The van der Waals surface area contributed by atoms with Crippen molar-refractivity contribution in [1.82, 2.24) is 5.32 Å². The second kappa shape index (κ2) is 8.13. The Labute approximate surface area is 111 Å². The lowest BCUT2D eigenvalue weighted by Gasteiger charge is -2.25. The molecule has 1 N–H and O–H groups in total. The number of hydrogen-bond donors (Lipinski definition) is 1. The van der Waals surface area contributed by atoms with E-state index in [0.717, 1.165) is 12.8 Å². The Morgan fingerprint density at radius 3 is 2.61 bits per heavy atom. The van der Waals surface area contributed by atoms with Crippen LogP contribution in [-0.4, -0.2) is 11.9 Å². The third-order valence-corrected chi connectivity index (χ3v) is 4.09. The van der Waals surface area contributed by atoms with Crippen molar-refractivity contribution in [2.24, 2.45) is 11.8 Å². The number of hydrogen-bond acceptors (Lipinski definition) is 2. The zero-order chi connectivity index (χ0) is 13.4. The van der Waals surface area contributed by atoms with Crippen LogP contribution in [0.4, 0.5) is 0 Å². The molecule has 0 bridgehead atoms. The molecule has 18 heavy (non-hydrogen) atoms. The molecule has 0 aliphatic heterocycles. The third kappa shape index (κ3) is 5.08. The Morgan fingerprint density at radius 2 is 2.06 bits per heavy atom. The molecule has 1 amide bonds. The van der Waals surface area contributed by atoms with Gasteiger partial charge in [-0.3, -0.25) is 4.79 Å². The molecule has 2 atom stereocenters. The van der Waals surface area contributed by atoms with Gasteiger partial charge in [-0.15, -0.1) is 0 Å². The molecule has 3 heteroatoms. The molecule has 2 unspecified atom stereocenters. The van der Waals surface area contributed by atoms with Gasteiger partial charge in [0.05, 0.1) is 6.07 Å². The van der Waals surface area contributed by atoms with Crippen molar-refractivity contribution in [3.63, 3.8) is 0 Å². The predicted molar refractivity (Wildman–Crippen MR) is 72.8 cm³/mol. The summed E-state index contributed by atoms with van der Waals surface area (Å²) < 4.78 is 0. The fourth-order valence-corrected chi connectivity index (χ4v) is 2.68. The van der Waals surface area contributed by atoms with E-state index in [-0.39, 0.29) is 17.9 Å². The number of rotatable bonds is 6. The number of nitrogens with zero attached hydrogens (tertiary/aromatic N) is 1. The van der Waals surface area contributed by atoms with Crippen LogP contribution in [0, 0.1) is 23.2 Å². The highest BCUT2D eigenvalue weighted by Crippen LogP contribution is 2.31. The average Bonchev–Trinajstić information content (AvgIpc) is 2.40. The van der Waals surface area contributed by atoms with Crippen molar-refractivity contribution in [1.29, 1.82) is 5.26 Å². The van der Waals surface area contributed by atoms with Gasteiger partial charge >= 0.3 is 0 Å². The Hall–Kier alpha value is -1.04. The molecule has 0 aromatic carbocycles. The van der Waals surface area contributed by atoms with Gasteiger partial charge in [0.15, 0.2) is 0 Å². The third-order valence-electron chi connectivity index (χ3n) is 4.09. The molecular weight excluding hydrogens is 224 g/mol. The van der Waals surface area contributed by atoms with E-state index in [1.165, 1.54) is 32.1 Å². The van der Waals surface area contributed by atoms with Crippen molar-refractivity contribution in [3.8, 4) is 6.07 Å². The van der Waals surface area contributed by atoms with Gasteiger partial charge in [0.2, 0.25) is 5.91 Å². The van der Waals surface area contributed by atoms with Crippen molar-refractivity contribution < 1.29 is 4.79 Å². The van der Waals surface area contributed by atoms with Crippen LogP contribution in [0.25, 0.3) is 0 Å². The van der Waals surface area contributed by atoms with Gasteiger partial charge in [0, 0.05) is 18.4 Å². The second-order valence-corrected chi connectivity index (χ2v) is 5.55. The summed E-state index contributed by atoms with van der Waals surface area (Å²) >= 11 is 0. The molecule has 1 aliphatic rings. The smallest absolute Gasteiger partial charge is 0.220 e. The van der Waals surface area contributed by atoms with Crippen LogP contribution >= 0.6 is 0 Å². The lowest BCUT2D eigenvalue weighted by molar-refractivity contribution is -0.122. The van der Waals surface area contributed by atoms with E-state index in [1.54, 1.807) is 0 Å². The summed E-state index contributed by atoms with van der Waals surface area (Å²) in [4.78, 5) is 11.7. The first kappa shape index (κ1) is 15.0. The highest BCUT2D eigenvalue weighted by Gasteiger charge is 2.23. The van der Waals surface area contributed by atoms with Gasteiger partial charge < -0.3 is 5.32 Å². The molecule has 0 aromatic rings. The molecule has 0 heterocycles. The van der Waals surface area contributed by atoms with E-state index in [1.807, 2.05) is 6.92 Å². The summed E-state index contributed by atoms with van der Waals surface area (Å²) in [5, 5.41) is 12.2. The lowest BCUT2D eigenvalue weighted by Crippen LogP contribution is -2.32. The maximum absolute atomic E-state index is 11.7. The molecule has 1 fully saturated rings. The number of carbonyl (C=O) groups is 1. The monoisotopic (exact) mass is 250 g/mol. The van der Waals surface area contributed by atoms with Gasteiger partial charge in [0.1, 0.15) is 0 Å². The fourth-order valence-electron chi connectivity index (χ4n) is 2.68. The highest BCUT2D eigenvalue weighted by molar-refractivity contribution is 5.76. The summed E-state index contributed by atoms with van der Waals surface area (Å²) in [6.45, 7) is 4.08. The average molecular weight is 250 g/mol. The molecule has 1 aliphatic carbocycles. The molecule has 0 radical (unpaired) electrons. The summed E-state index contributed by atoms with van der Waals surface area (Å²) in [7, 11) is 0. The number of nitrogens with one attached hydrogen (secondary N) is 1. The molecule has 0 spiro atoms. The SMILES string of the molecule is CCC(C)NC(=O)CCC(C#N)C1CCCCC1. The molecule has 1 saturated carbocycles. The van der Waals surface area contributed by atoms with Crippen LogP contribution in [-0.2, 0) is 4.79 Å². The first-order valence-corrected chi connectivity index (χ1v) is 7.36. The quantitative estimate of drug-likeness (QED) is 0.785. The Kier molecular flexibility index (Phi) is 6.78. The van der Waals surface area contributed by atoms with Crippen LogP contribution in [0.2, 0.25) is 0 Å². The summed E-state index contributed by atoms with van der Waals surface area (Å²) in [6, 6.07) is 2.66. The number of amides is 1. The van der Waals surface area contributed by atoms with Gasteiger partial charge in [0.25, 0.3) is 0 Å². The molecule has 1 rings (SSSR count). The largest absolute Gasteiger partial charge is 0.354 e. The van der Waals surface area contributed by atoms with E-state index in [0.29, 0.717) is 12.3 Å². The molecular formula is C15H26N2O. The van der Waals surface area contributed by atoms with Crippen molar-refractivity contribution >= 4 is 5.91 Å². The first-order chi connectivity index (χ1) is 8.67. The zero-order valence-corrected chi connectivity index (χ0v) is 11.7. The first-order valence-electron chi connectivity index (χ1n) is 7.36. The highest BCUT2D eigenvalue weighted by atomic mass is 16.1. The molecule has 3 nitrogen and oxygen atoms in total. The Balaban J connectivity index is 2.30. The lowest BCUT2D eigenvalue weighted by atomic mass is 9.79. The van der Waals surface area contributed by atoms with Gasteiger partial charge in [-0.1, -0.05) is 26.2 Å². The minimum atomic E-state index is 0.0768. The number of nitriles is 1. The standard InChI is InChI=1S/C15H26N2O/c1-3-12(2)17-15(18)10-9-14(11-16)13-7-5-4-6-8-13/h12-14H,3-10H2,1-2H3,(H,17,18). The minimum absolute atomic E-state index is 0.0768. The second-order valence-electron chi connectivity index (χ2n) is 5.55. The van der Waals surface area contributed by atoms with Crippen molar-refractivity contribution in [2.75, 3.05) is 0 Å². The summed E-state index contributed by atoms with van der Waals surface area (Å²) in [5.41, 5.74) is 0. The molecule has 102 valence electrons. The minimum Gasteiger partial charge on any atom is -0.354 e. The van der Waals surface area contributed by atoms with E-state index >= 15 is 0 Å². The maximum Gasteiger partial charge on any atom is 0.220 e. The Morgan fingerprint density at radius 1 is 1.39 bits per heavy atom. The van der Waals surface area contributed by atoms with Crippen LogP contribution in [0.15, 0.2) is 0 Å². The van der Waals surface area contributed by atoms with E-state index in [2.05, 4.69) is 18.3 Å². The van der Waals surface area contributed by atoms with E-state index in [4.69, 9.17) is 0 Å². The normalized spacial score (nSPS) is 19.8. The summed E-state index contributed by atoms with van der Waals surface area (Å²) in [6.07, 6.45) is 8.34. The maximum atomic E-state index is 11.7. The van der Waals surface area contributed by atoms with Crippen LogP contribution in [0.5, 0.6) is 0 Å². The predicted octanol–water partition coefficient (Wildman–Crippen LogP) is 3.40. The number of carbonyl (C=O) groups excluding carboxylic acids is 1. The van der Waals surface area contributed by atoms with Crippen LogP contribution in [0.1, 0.15) is 65.2 Å². The zero-order valence-electron chi connectivity index (χ0n) is 11.7. The fraction of sp³-hybridized carbons (Fsp3) is 0.867. The van der Waals surface area contributed by atoms with Crippen molar-refractivity contribution in [2.45, 2.75) is 71.3 Å². The van der Waals surface area contributed by atoms with Crippen molar-refractivity contribution in [3.05, 3.63) is 0 Å². The van der Waals surface area contributed by atoms with E-state index < -0.39 is 0 Å². The van der Waals surface area contributed by atoms with Crippen LogP contribution in [0.3, 0.4) is 0 Å². The van der Waals surface area contributed by atoms with Gasteiger partial charge in [-0.2, -0.15) is 5.26 Å². The Bertz CT molecular complexity index is 289. The van der Waals surface area contributed by atoms with E-state index in [9.17, 15) is 10.1 Å². The van der Waals surface area contributed by atoms with Gasteiger partial charge in [-0.25, -0.2) is 0 Å². The topological polar surface area (TPSA) is 52.9 Å². The summed E-state index contributed by atoms with van der Waals surface area (Å²) in [5.74, 6) is 0.702. The van der Waals surface area contributed by atoms with Gasteiger partial charge in [-0.05, 0) is 38.5 Å². The molecule has 0 aromatic heterocycles. The molecule has 0 saturated heterocycles. The van der Waals surface area contributed by atoms with Crippen LogP contribution < -0.4 is 5.32 Å².